The molecule has 0 bridgehead atoms. The molecule has 0 fully saturated rings. The Morgan fingerprint density at radius 1 is 1.19 bits per heavy atom. The van der Waals surface area contributed by atoms with E-state index < -0.39 is 5.82 Å². The summed E-state index contributed by atoms with van der Waals surface area (Å²) in [7, 11) is 0. The molecule has 110 valence electrons. The fourth-order valence-corrected chi connectivity index (χ4v) is 1.80. The molecule has 1 amide bonds. The number of benzene rings is 2. The molecule has 0 aliphatic heterocycles. The van der Waals surface area contributed by atoms with Crippen LogP contribution in [0, 0.1) is 5.82 Å². The molecule has 0 aliphatic carbocycles. The molecule has 2 aromatic rings. The molecule has 2 N–H and O–H groups in total. The standard InChI is InChI=1S/C16H17FN2O2/c1-2-21-13-7-5-6-12(10-13)18-11-16(20)19-15-9-4-3-8-14(15)17/h3-10,18H,2,11H2,1H3,(H,19,20). The Morgan fingerprint density at radius 2 is 2.00 bits per heavy atom. The zero-order valence-electron chi connectivity index (χ0n) is 11.7. The van der Waals surface area contributed by atoms with Gasteiger partial charge in [0.15, 0.2) is 0 Å². The van der Waals surface area contributed by atoms with Gasteiger partial charge in [-0.05, 0) is 31.2 Å². The van der Waals surface area contributed by atoms with Gasteiger partial charge >= 0.3 is 0 Å². The highest BCUT2D eigenvalue weighted by Gasteiger charge is 2.06. The second-order valence-corrected chi connectivity index (χ2v) is 4.34. The van der Waals surface area contributed by atoms with Crippen LogP contribution in [0.4, 0.5) is 15.8 Å². The third kappa shape index (κ3) is 4.49. The molecule has 0 saturated heterocycles. The van der Waals surface area contributed by atoms with Crippen LogP contribution in [0.2, 0.25) is 0 Å². The Morgan fingerprint density at radius 3 is 2.76 bits per heavy atom. The fraction of sp³-hybridized carbons (Fsp3) is 0.188. The first-order chi connectivity index (χ1) is 10.2. The first-order valence-electron chi connectivity index (χ1n) is 6.70. The first kappa shape index (κ1) is 14.8. The number of carbonyl (C=O) groups excluding carboxylic acids is 1. The van der Waals surface area contributed by atoms with Gasteiger partial charge in [0.2, 0.25) is 5.91 Å². The number of carbonyl (C=O) groups is 1. The van der Waals surface area contributed by atoms with E-state index in [-0.39, 0.29) is 18.1 Å². The number of halogens is 1. The Kier molecular flexibility index (Phi) is 5.15. The van der Waals surface area contributed by atoms with E-state index in [1.165, 1.54) is 12.1 Å². The molecule has 0 aromatic heterocycles. The van der Waals surface area contributed by atoms with Gasteiger partial charge in [0.25, 0.3) is 0 Å². The van der Waals surface area contributed by atoms with E-state index in [2.05, 4.69) is 10.6 Å². The number of anilines is 2. The minimum atomic E-state index is -0.454. The van der Waals surface area contributed by atoms with Crippen LogP contribution in [-0.2, 0) is 4.79 Å². The summed E-state index contributed by atoms with van der Waals surface area (Å²) in [6.07, 6.45) is 0. The van der Waals surface area contributed by atoms with Crippen LogP contribution >= 0.6 is 0 Å². The summed E-state index contributed by atoms with van der Waals surface area (Å²) in [4.78, 5) is 11.8. The summed E-state index contributed by atoms with van der Waals surface area (Å²) in [6, 6.07) is 13.4. The van der Waals surface area contributed by atoms with Gasteiger partial charge in [-0.25, -0.2) is 4.39 Å². The molecule has 2 aromatic carbocycles. The largest absolute Gasteiger partial charge is 0.494 e. The summed E-state index contributed by atoms with van der Waals surface area (Å²) in [6.45, 7) is 2.53. The Balaban J connectivity index is 1.89. The van der Waals surface area contributed by atoms with Crippen LogP contribution in [0.1, 0.15) is 6.92 Å². The molecule has 0 saturated carbocycles. The Hall–Kier alpha value is -2.56. The molecular weight excluding hydrogens is 271 g/mol. The number of hydrogen-bond acceptors (Lipinski definition) is 3. The fourth-order valence-electron chi connectivity index (χ4n) is 1.80. The van der Waals surface area contributed by atoms with Crippen molar-refractivity contribution in [3.63, 3.8) is 0 Å². The van der Waals surface area contributed by atoms with Crippen molar-refractivity contribution in [3.8, 4) is 5.75 Å². The molecule has 0 spiro atoms. The molecular formula is C16H17FN2O2. The molecule has 0 unspecified atom stereocenters. The molecule has 2 rings (SSSR count). The zero-order chi connectivity index (χ0) is 15.1. The van der Waals surface area contributed by atoms with E-state index >= 15 is 0 Å². The third-order valence-electron chi connectivity index (χ3n) is 2.75. The number of para-hydroxylation sites is 1. The zero-order valence-corrected chi connectivity index (χ0v) is 11.7. The van der Waals surface area contributed by atoms with Gasteiger partial charge in [0.05, 0.1) is 18.8 Å². The molecule has 0 aliphatic rings. The maximum absolute atomic E-state index is 13.4. The molecule has 0 heterocycles. The highest BCUT2D eigenvalue weighted by molar-refractivity contribution is 5.93. The lowest BCUT2D eigenvalue weighted by molar-refractivity contribution is -0.114. The summed E-state index contributed by atoms with van der Waals surface area (Å²) in [5, 5.41) is 5.48. The average molecular weight is 288 g/mol. The average Bonchev–Trinajstić information content (AvgIpc) is 2.48. The summed E-state index contributed by atoms with van der Waals surface area (Å²) < 4.78 is 18.8. The first-order valence-corrected chi connectivity index (χ1v) is 6.70. The number of hydrogen-bond donors (Lipinski definition) is 2. The normalized spacial score (nSPS) is 10.0. The monoisotopic (exact) mass is 288 g/mol. The smallest absolute Gasteiger partial charge is 0.243 e. The summed E-state index contributed by atoms with van der Waals surface area (Å²) in [5.41, 5.74) is 0.942. The lowest BCUT2D eigenvalue weighted by Gasteiger charge is -2.10. The quantitative estimate of drug-likeness (QED) is 0.857. The summed E-state index contributed by atoms with van der Waals surface area (Å²) in [5.74, 6) is -0.0388. The number of amides is 1. The maximum Gasteiger partial charge on any atom is 0.243 e. The Bertz CT molecular complexity index is 617. The summed E-state index contributed by atoms with van der Waals surface area (Å²) >= 11 is 0. The minimum absolute atomic E-state index is 0.0455. The SMILES string of the molecule is CCOc1cccc(NCC(=O)Nc2ccccc2F)c1. The molecule has 4 nitrogen and oxygen atoms in total. The van der Waals surface area contributed by atoms with Gasteiger partial charge in [0, 0.05) is 11.8 Å². The van der Waals surface area contributed by atoms with Gasteiger partial charge in [-0.3, -0.25) is 4.79 Å². The van der Waals surface area contributed by atoms with E-state index in [1.54, 1.807) is 18.2 Å². The number of rotatable bonds is 6. The third-order valence-corrected chi connectivity index (χ3v) is 2.75. The molecule has 5 heteroatoms. The van der Waals surface area contributed by atoms with Crippen LogP contribution < -0.4 is 15.4 Å². The number of ether oxygens (including phenoxy) is 1. The second kappa shape index (κ2) is 7.28. The molecule has 0 atom stereocenters. The van der Waals surface area contributed by atoms with Crippen molar-refractivity contribution >= 4 is 17.3 Å². The predicted octanol–water partition coefficient (Wildman–Crippen LogP) is 3.28. The highest BCUT2D eigenvalue weighted by atomic mass is 19.1. The minimum Gasteiger partial charge on any atom is -0.494 e. The van der Waals surface area contributed by atoms with E-state index in [9.17, 15) is 9.18 Å². The Labute approximate surface area is 122 Å². The maximum atomic E-state index is 13.4. The van der Waals surface area contributed by atoms with Gasteiger partial charge in [-0.1, -0.05) is 18.2 Å². The number of nitrogens with one attached hydrogen (secondary N) is 2. The lowest BCUT2D eigenvalue weighted by Crippen LogP contribution is -2.22. The van der Waals surface area contributed by atoms with Crippen molar-refractivity contribution < 1.29 is 13.9 Å². The van der Waals surface area contributed by atoms with Crippen molar-refractivity contribution in [1.82, 2.24) is 0 Å². The van der Waals surface area contributed by atoms with Crippen LogP contribution in [0.5, 0.6) is 5.75 Å². The highest BCUT2D eigenvalue weighted by Crippen LogP contribution is 2.17. The van der Waals surface area contributed by atoms with Crippen LogP contribution in [0.15, 0.2) is 48.5 Å². The van der Waals surface area contributed by atoms with Crippen LogP contribution in [-0.4, -0.2) is 19.1 Å². The van der Waals surface area contributed by atoms with Gasteiger partial charge in [0.1, 0.15) is 11.6 Å². The molecule has 0 radical (unpaired) electrons. The van der Waals surface area contributed by atoms with Gasteiger partial charge in [-0.15, -0.1) is 0 Å². The topological polar surface area (TPSA) is 50.4 Å². The predicted molar refractivity (Wildman–Crippen MR) is 81.1 cm³/mol. The van der Waals surface area contributed by atoms with Crippen molar-refractivity contribution in [1.29, 1.82) is 0 Å². The van der Waals surface area contributed by atoms with Gasteiger partial charge < -0.3 is 15.4 Å². The van der Waals surface area contributed by atoms with E-state index in [0.29, 0.717) is 6.61 Å². The van der Waals surface area contributed by atoms with E-state index in [1.807, 2.05) is 25.1 Å². The van der Waals surface area contributed by atoms with E-state index in [4.69, 9.17) is 4.74 Å². The van der Waals surface area contributed by atoms with Crippen molar-refractivity contribution in [3.05, 3.63) is 54.3 Å². The van der Waals surface area contributed by atoms with Crippen LogP contribution in [0.3, 0.4) is 0 Å². The van der Waals surface area contributed by atoms with Crippen molar-refractivity contribution in [2.75, 3.05) is 23.8 Å². The van der Waals surface area contributed by atoms with Gasteiger partial charge in [-0.2, -0.15) is 0 Å². The lowest BCUT2D eigenvalue weighted by atomic mass is 10.3. The van der Waals surface area contributed by atoms with Crippen molar-refractivity contribution in [2.24, 2.45) is 0 Å². The van der Waals surface area contributed by atoms with Crippen LogP contribution in [0.25, 0.3) is 0 Å². The molecule has 21 heavy (non-hydrogen) atoms. The van der Waals surface area contributed by atoms with Crippen molar-refractivity contribution in [2.45, 2.75) is 6.92 Å². The van der Waals surface area contributed by atoms with E-state index in [0.717, 1.165) is 11.4 Å². The second-order valence-electron chi connectivity index (χ2n) is 4.34.